The van der Waals surface area contributed by atoms with Crippen molar-refractivity contribution < 1.29 is 0 Å². The van der Waals surface area contributed by atoms with Crippen LogP contribution in [-0.4, -0.2) is 0 Å². The van der Waals surface area contributed by atoms with Crippen molar-refractivity contribution in [2.45, 2.75) is 88.5 Å². The summed E-state index contributed by atoms with van der Waals surface area (Å²) < 4.78 is 0. The van der Waals surface area contributed by atoms with Crippen LogP contribution in [0.3, 0.4) is 0 Å². The summed E-state index contributed by atoms with van der Waals surface area (Å²) in [6.07, 6.45) is 3.70. The maximum absolute atomic E-state index is 2.26. The monoisotopic (exact) mass is 422 g/mol. The number of aryl methyl sites for hydroxylation is 2. The first-order valence-electron chi connectivity index (χ1n) is 12.6. The van der Waals surface area contributed by atoms with Crippen LogP contribution in [0.1, 0.15) is 86.8 Å². The summed E-state index contributed by atoms with van der Waals surface area (Å²) in [5.41, 5.74) is 5.88. The second kappa shape index (κ2) is 27.7. The molecule has 0 saturated carbocycles. The van der Waals surface area contributed by atoms with Gasteiger partial charge in [0.2, 0.25) is 0 Å². The molecule has 174 valence electrons. The molecule has 0 unspecified atom stereocenters. The van der Waals surface area contributed by atoms with Crippen molar-refractivity contribution in [2.75, 3.05) is 0 Å². The zero-order chi connectivity index (χ0) is 24.3. The molecule has 0 amide bonds. The van der Waals surface area contributed by atoms with Gasteiger partial charge < -0.3 is 0 Å². The van der Waals surface area contributed by atoms with Crippen molar-refractivity contribution in [1.29, 1.82) is 0 Å². The Balaban J connectivity index is -0.000000413. The largest absolute Gasteiger partial charge is 0.0683 e. The highest BCUT2D eigenvalue weighted by Gasteiger charge is 2.12. The van der Waals surface area contributed by atoms with Gasteiger partial charge in [0.25, 0.3) is 0 Å². The highest BCUT2D eigenvalue weighted by molar-refractivity contribution is 5.71. The maximum atomic E-state index is 2.26. The van der Waals surface area contributed by atoms with Gasteiger partial charge >= 0.3 is 0 Å². The summed E-state index contributed by atoms with van der Waals surface area (Å²) in [7, 11) is 0. The normalized spacial score (nSPS) is 9.23. The third kappa shape index (κ3) is 14.3. The Hall–Kier alpha value is -2.34. The van der Waals surface area contributed by atoms with Crippen molar-refractivity contribution in [3.63, 3.8) is 0 Å². The molecule has 0 bridgehead atoms. The lowest BCUT2D eigenvalue weighted by Crippen LogP contribution is -1.86. The lowest BCUT2D eigenvalue weighted by molar-refractivity contribution is 0.835. The first-order chi connectivity index (χ1) is 15.4. The predicted octanol–water partition coefficient (Wildman–Crippen LogP) is 10.7. The molecule has 3 aromatic rings. The summed E-state index contributed by atoms with van der Waals surface area (Å²) >= 11 is 0. The Morgan fingerprint density at radius 1 is 0.355 bits per heavy atom. The van der Waals surface area contributed by atoms with E-state index in [-0.39, 0.29) is 0 Å². The first-order valence-corrected chi connectivity index (χ1v) is 12.6. The standard InChI is InChI=1S/C15H14.C6H6.5C2H6/c1-3-10-14-12(6-1)8-5-9-13-7-2-4-11-15(13)14;1-2-4-6-5-3-1;5*1-2/h1-4,6-7,10-11H,5,8-9H2;1-6H;5*1-2H3. The fourth-order valence-electron chi connectivity index (χ4n) is 2.86. The molecular formula is C31H50. The van der Waals surface area contributed by atoms with E-state index < -0.39 is 0 Å². The van der Waals surface area contributed by atoms with Crippen molar-refractivity contribution >= 4 is 0 Å². The topological polar surface area (TPSA) is 0 Å². The molecule has 31 heavy (non-hydrogen) atoms. The molecule has 0 fully saturated rings. The highest BCUT2D eigenvalue weighted by Crippen LogP contribution is 2.31. The Labute approximate surface area is 195 Å². The lowest BCUT2D eigenvalue weighted by Gasteiger charge is -2.08. The van der Waals surface area contributed by atoms with Crippen LogP contribution >= 0.6 is 0 Å². The molecule has 0 heteroatoms. The van der Waals surface area contributed by atoms with E-state index in [2.05, 4.69) is 48.5 Å². The molecule has 0 heterocycles. The first kappa shape index (κ1) is 33.3. The third-order valence-electron chi connectivity index (χ3n) is 3.88. The van der Waals surface area contributed by atoms with E-state index in [1.54, 1.807) is 0 Å². The van der Waals surface area contributed by atoms with Gasteiger partial charge in [-0.15, -0.1) is 0 Å². The Bertz CT molecular complexity index is 611. The summed E-state index contributed by atoms with van der Waals surface area (Å²) in [4.78, 5) is 0. The van der Waals surface area contributed by atoms with Gasteiger partial charge in [0, 0.05) is 0 Å². The third-order valence-corrected chi connectivity index (χ3v) is 3.88. The van der Waals surface area contributed by atoms with Gasteiger partial charge in [-0.2, -0.15) is 0 Å². The zero-order valence-electron chi connectivity index (χ0n) is 22.2. The van der Waals surface area contributed by atoms with Gasteiger partial charge in [-0.3, -0.25) is 0 Å². The molecule has 0 radical (unpaired) electrons. The number of rotatable bonds is 0. The summed E-state index contributed by atoms with van der Waals surface area (Å²) in [6, 6.07) is 29.6. The maximum Gasteiger partial charge on any atom is -0.0149 e. The van der Waals surface area contributed by atoms with Crippen molar-refractivity contribution in [2.24, 2.45) is 0 Å². The minimum absolute atomic E-state index is 1.21. The molecule has 0 atom stereocenters. The van der Waals surface area contributed by atoms with Gasteiger partial charge in [-0.25, -0.2) is 0 Å². The van der Waals surface area contributed by atoms with Crippen LogP contribution in [-0.2, 0) is 12.8 Å². The lowest BCUT2D eigenvalue weighted by atomic mass is 9.97. The molecule has 0 nitrogen and oxygen atoms in total. The Morgan fingerprint density at radius 2 is 0.613 bits per heavy atom. The van der Waals surface area contributed by atoms with Crippen molar-refractivity contribution in [3.8, 4) is 11.1 Å². The van der Waals surface area contributed by atoms with E-state index in [1.807, 2.05) is 106 Å². The molecule has 0 spiro atoms. The van der Waals surface area contributed by atoms with Gasteiger partial charge in [-0.1, -0.05) is 154 Å². The molecule has 4 rings (SSSR count). The number of hydrogen-bond acceptors (Lipinski definition) is 0. The van der Waals surface area contributed by atoms with E-state index in [1.165, 1.54) is 41.5 Å². The quantitative estimate of drug-likeness (QED) is 0.338. The predicted molar refractivity (Wildman–Crippen MR) is 147 cm³/mol. The molecule has 3 aromatic carbocycles. The van der Waals surface area contributed by atoms with Crippen LogP contribution in [0.2, 0.25) is 0 Å². The molecule has 0 saturated heterocycles. The SMILES string of the molecule is CC.CC.CC.CC.CC.c1ccc2c(c1)CCCc1ccccc1-2.c1ccccc1. The second-order valence-corrected chi connectivity index (χ2v) is 5.32. The van der Waals surface area contributed by atoms with E-state index in [4.69, 9.17) is 0 Å². The Morgan fingerprint density at radius 3 is 0.903 bits per heavy atom. The van der Waals surface area contributed by atoms with Gasteiger partial charge in [0.1, 0.15) is 0 Å². The number of fused-ring (bicyclic) bond motifs is 3. The van der Waals surface area contributed by atoms with E-state index in [0.717, 1.165) is 0 Å². The number of hydrogen-bond donors (Lipinski definition) is 0. The highest BCUT2D eigenvalue weighted by atomic mass is 14.2. The van der Waals surface area contributed by atoms with Gasteiger partial charge in [-0.05, 0) is 41.5 Å². The van der Waals surface area contributed by atoms with Gasteiger partial charge in [0.15, 0.2) is 0 Å². The summed E-state index contributed by atoms with van der Waals surface area (Å²) in [5.74, 6) is 0. The average Bonchev–Trinajstić information content (AvgIpc) is 3.11. The summed E-state index contributed by atoms with van der Waals surface area (Å²) in [5, 5.41) is 0. The van der Waals surface area contributed by atoms with Crippen molar-refractivity contribution in [3.05, 3.63) is 96.1 Å². The molecule has 1 aliphatic rings. The van der Waals surface area contributed by atoms with Crippen LogP contribution in [0.15, 0.2) is 84.9 Å². The number of benzene rings is 3. The van der Waals surface area contributed by atoms with Crippen LogP contribution in [0.4, 0.5) is 0 Å². The zero-order valence-corrected chi connectivity index (χ0v) is 22.2. The second-order valence-electron chi connectivity index (χ2n) is 5.32. The van der Waals surface area contributed by atoms with Crippen molar-refractivity contribution in [1.82, 2.24) is 0 Å². The fourth-order valence-corrected chi connectivity index (χ4v) is 2.86. The molecular weight excluding hydrogens is 372 g/mol. The molecule has 1 aliphatic carbocycles. The molecule has 0 N–H and O–H groups in total. The smallest absolute Gasteiger partial charge is 0.0149 e. The molecule has 0 aromatic heterocycles. The van der Waals surface area contributed by atoms with E-state index in [0.29, 0.717) is 0 Å². The van der Waals surface area contributed by atoms with Crippen LogP contribution in [0.5, 0.6) is 0 Å². The van der Waals surface area contributed by atoms with Gasteiger partial charge in [0.05, 0.1) is 0 Å². The van der Waals surface area contributed by atoms with Crippen LogP contribution in [0.25, 0.3) is 11.1 Å². The molecule has 0 aliphatic heterocycles. The van der Waals surface area contributed by atoms with E-state index >= 15 is 0 Å². The van der Waals surface area contributed by atoms with Crippen LogP contribution < -0.4 is 0 Å². The fraction of sp³-hybridized carbons (Fsp3) is 0.419. The van der Waals surface area contributed by atoms with Crippen LogP contribution in [0, 0.1) is 0 Å². The minimum atomic E-state index is 1.21. The minimum Gasteiger partial charge on any atom is -0.0683 e. The van der Waals surface area contributed by atoms with E-state index in [9.17, 15) is 0 Å². The Kier molecular flexibility index (Phi) is 29.7. The average molecular weight is 423 g/mol. The summed E-state index contributed by atoms with van der Waals surface area (Å²) in [6.45, 7) is 20.0.